The SMILES string of the molecule is Nc1ccc(NS(=O)(=O)c2ccc(N)c([N+](=O)[O-])c2)cc1Cl. The molecule has 0 aliphatic heterocycles. The number of nitrogen functional groups attached to an aromatic ring is 2. The number of anilines is 3. The van der Waals surface area contributed by atoms with Crippen LogP contribution in [0.15, 0.2) is 41.3 Å². The summed E-state index contributed by atoms with van der Waals surface area (Å²) in [4.78, 5) is 9.77. The molecule has 0 unspecified atom stereocenters. The first kappa shape index (κ1) is 15.9. The van der Waals surface area contributed by atoms with E-state index in [1.54, 1.807) is 0 Å². The van der Waals surface area contributed by atoms with E-state index in [0.717, 1.165) is 12.1 Å². The largest absolute Gasteiger partial charge is 0.398 e. The van der Waals surface area contributed by atoms with Crippen molar-refractivity contribution in [2.75, 3.05) is 16.2 Å². The number of nitro groups is 1. The van der Waals surface area contributed by atoms with Gasteiger partial charge in [-0.3, -0.25) is 14.8 Å². The van der Waals surface area contributed by atoms with Crippen molar-refractivity contribution in [1.29, 1.82) is 0 Å². The highest BCUT2D eigenvalue weighted by Gasteiger charge is 2.20. The predicted octanol–water partition coefficient (Wildman–Crippen LogP) is 2.21. The van der Waals surface area contributed by atoms with Crippen molar-refractivity contribution < 1.29 is 13.3 Å². The highest BCUT2D eigenvalue weighted by molar-refractivity contribution is 7.92. The molecular formula is C12H11ClN4O4S. The van der Waals surface area contributed by atoms with Gasteiger partial charge in [-0.25, -0.2) is 8.42 Å². The average Bonchev–Trinajstić information content (AvgIpc) is 2.42. The Balaban J connectivity index is 2.40. The molecule has 2 aromatic rings. The van der Waals surface area contributed by atoms with Crippen LogP contribution in [0.3, 0.4) is 0 Å². The van der Waals surface area contributed by atoms with E-state index in [2.05, 4.69) is 4.72 Å². The normalized spacial score (nSPS) is 11.1. The lowest BCUT2D eigenvalue weighted by atomic mass is 10.3. The Kier molecular flexibility index (Phi) is 4.11. The van der Waals surface area contributed by atoms with Crippen LogP contribution in [0.5, 0.6) is 0 Å². The highest BCUT2D eigenvalue weighted by atomic mass is 35.5. The fourth-order valence-electron chi connectivity index (χ4n) is 1.65. The monoisotopic (exact) mass is 342 g/mol. The number of nitrogens with zero attached hydrogens (tertiary/aromatic N) is 1. The van der Waals surface area contributed by atoms with Gasteiger partial charge in [0.25, 0.3) is 15.7 Å². The molecular weight excluding hydrogens is 332 g/mol. The lowest BCUT2D eigenvalue weighted by Crippen LogP contribution is -2.13. The fourth-order valence-corrected chi connectivity index (χ4v) is 2.90. The maximum absolute atomic E-state index is 12.2. The van der Waals surface area contributed by atoms with Crippen LogP contribution in [0, 0.1) is 10.1 Å². The Hall–Kier alpha value is -2.52. The molecule has 0 heterocycles. The Morgan fingerprint density at radius 2 is 1.73 bits per heavy atom. The standard InChI is InChI=1S/C12H11ClN4O4S/c13-9-5-7(1-3-10(9)14)16-22(20,21)8-2-4-11(15)12(6-8)17(18)19/h1-6,16H,14-15H2. The summed E-state index contributed by atoms with van der Waals surface area (Å²) in [6.07, 6.45) is 0. The van der Waals surface area contributed by atoms with Crippen LogP contribution in [0.4, 0.5) is 22.7 Å². The third kappa shape index (κ3) is 3.21. The van der Waals surface area contributed by atoms with Crippen LogP contribution >= 0.6 is 11.6 Å². The van der Waals surface area contributed by atoms with Crippen molar-refractivity contribution in [2.24, 2.45) is 0 Å². The molecule has 0 saturated carbocycles. The van der Waals surface area contributed by atoms with E-state index in [4.69, 9.17) is 23.1 Å². The summed E-state index contributed by atoms with van der Waals surface area (Å²) in [6.45, 7) is 0. The Morgan fingerprint density at radius 1 is 1.09 bits per heavy atom. The molecule has 0 bridgehead atoms. The second kappa shape index (κ2) is 5.70. The molecule has 0 aliphatic carbocycles. The Bertz CT molecular complexity index is 854. The number of benzene rings is 2. The third-order valence-electron chi connectivity index (χ3n) is 2.76. The maximum atomic E-state index is 12.2. The van der Waals surface area contributed by atoms with E-state index in [9.17, 15) is 18.5 Å². The first-order valence-electron chi connectivity index (χ1n) is 5.82. The number of hydrogen-bond donors (Lipinski definition) is 3. The highest BCUT2D eigenvalue weighted by Crippen LogP contribution is 2.28. The number of nitrogens with two attached hydrogens (primary N) is 2. The maximum Gasteiger partial charge on any atom is 0.293 e. The summed E-state index contributed by atoms with van der Waals surface area (Å²) in [5, 5.41) is 11.0. The van der Waals surface area contributed by atoms with Crippen LogP contribution in [-0.2, 0) is 10.0 Å². The minimum absolute atomic E-state index is 0.125. The second-order valence-electron chi connectivity index (χ2n) is 4.32. The molecule has 5 N–H and O–H groups in total. The second-order valence-corrected chi connectivity index (χ2v) is 6.41. The molecule has 0 fully saturated rings. The zero-order chi connectivity index (χ0) is 16.5. The van der Waals surface area contributed by atoms with E-state index in [0.29, 0.717) is 5.69 Å². The van der Waals surface area contributed by atoms with Gasteiger partial charge in [0.1, 0.15) is 5.69 Å². The summed E-state index contributed by atoms with van der Waals surface area (Å²) in [7, 11) is -4.03. The molecule has 0 aliphatic rings. The number of nitro benzene ring substituents is 1. The first-order valence-corrected chi connectivity index (χ1v) is 7.68. The molecule has 0 radical (unpaired) electrons. The van der Waals surface area contributed by atoms with Crippen molar-refractivity contribution in [1.82, 2.24) is 0 Å². The lowest BCUT2D eigenvalue weighted by molar-refractivity contribution is -0.384. The molecule has 0 amide bonds. The van der Waals surface area contributed by atoms with E-state index >= 15 is 0 Å². The molecule has 0 spiro atoms. The zero-order valence-electron chi connectivity index (χ0n) is 11.0. The molecule has 2 aromatic carbocycles. The van der Waals surface area contributed by atoms with Gasteiger partial charge < -0.3 is 11.5 Å². The average molecular weight is 343 g/mol. The van der Waals surface area contributed by atoms with Gasteiger partial charge in [0.15, 0.2) is 0 Å². The van der Waals surface area contributed by atoms with E-state index in [-0.39, 0.29) is 21.3 Å². The molecule has 0 saturated heterocycles. The van der Waals surface area contributed by atoms with Crippen molar-refractivity contribution in [3.63, 3.8) is 0 Å². The number of sulfonamides is 1. The molecule has 116 valence electrons. The van der Waals surface area contributed by atoms with Crippen LogP contribution in [0.1, 0.15) is 0 Å². The summed E-state index contributed by atoms with van der Waals surface area (Å²) >= 11 is 5.81. The molecule has 2 rings (SSSR count). The van der Waals surface area contributed by atoms with Crippen LogP contribution in [0.2, 0.25) is 5.02 Å². The van der Waals surface area contributed by atoms with Gasteiger partial charge >= 0.3 is 0 Å². The van der Waals surface area contributed by atoms with E-state index in [1.165, 1.54) is 24.3 Å². The Morgan fingerprint density at radius 3 is 2.32 bits per heavy atom. The lowest BCUT2D eigenvalue weighted by Gasteiger charge is -2.09. The van der Waals surface area contributed by atoms with Gasteiger partial charge in [-0.2, -0.15) is 0 Å². The predicted molar refractivity (Wildman–Crippen MR) is 84.2 cm³/mol. The quantitative estimate of drug-likeness (QED) is 0.442. The Labute approximate surface area is 130 Å². The number of halogens is 1. The molecule has 0 aromatic heterocycles. The van der Waals surface area contributed by atoms with Crippen LogP contribution in [-0.4, -0.2) is 13.3 Å². The summed E-state index contributed by atoms with van der Waals surface area (Å²) in [6, 6.07) is 7.40. The van der Waals surface area contributed by atoms with Crippen molar-refractivity contribution >= 4 is 44.4 Å². The fraction of sp³-hybridized carbons (Fsp3) is 0. The number of hydrogen-bond acceptors (Lipinski definition) is 6. The molecule has 10 heteroatoms. The van der Waals surface area contributed by atoms with Crippen LogP contribution < -0.4 is 16.2 Å². The van der Waals surface area contributed by atoms with Gasteiger partial charge in [-0.15, -0.1) is 0 Å². The van der Waals surface area contributed by atoms with Gasteiger partial charge in [0.2, 0.25) is 0 Å². The minimum Gasteiger partial charge on any atom is -0.398 e. The summed E-state index contributed by atoms with van der Waals surface area (Å²) < 4.78 is 26.7. The van der Waals surface area contributed by atoms with Gasteiger partial charge in [-0.05, 0) is 30.3 Å². The first-order chi connectivity index (χ1) is 10.2. The van der Waals surface area contributed by atoms with Crippen LogP contribution in [0.25, 0.3) is 0 Å². The smallest absolute Gasteiger partial charge is 0.293 e. The topological polar surface area (TPSA) is 141 Å². The van der Waals surface area contributed by atoms with Crippen molar-refractivity contribution in [3.05, 3.63) is 51.5 Å². The molecule has 0 atom stereocenters. The van der Waals surface area contributed by atoms with E-state index < -0.39 is 20.6 Å². The number of rotatable bonds is 4. The van der Waals surface area contributed by atoms with Crippen molar-refractivity contribution in [3.8, 4) is 0 Å². The van der Waals surface area contributed by atoms with E-state index in [1.807, 2.05) is 0 Å². The third-order valence-corrected chi connectivity index (χ3v) is 4.47. The van der Waals surface area contributed by atoms with Gasteiger partial charge in [0.05, 0.1) is 26.2 Å². The number of nitrogens with one attached hydrogen (secondary N) is 1. The molecule has 8 nitrogen and oxygen atoms in total. The summed E-state index contributed by atoms with van der Waals surface area (Å²) in [5.74, 6) is 0. The van der Waals surface area contributed by atoms with Gasteiger partial charge in [-0.1, -0.05) is 11.6 Å². The minimum atomic E-state index is -4.03. The van der Waals surface area contributed by atoms with Gasteiger partial charge in [0, 0.05) is 6.07 Å². The van der Waals surface area contributed by atoms with Crippen molar-refractivity contribution in [2.45, 2.75) is 4.90 Å². The molecule has 22 heavy (non-hydrogen) atoms. The summed E-state index contributed by atoms with van der Waals surface area (Å²) in [5.41, 5.74) is 10.8. The zero-order valence-corrected chi connectivity index (χ0v) is 12.6.